The third-order valence-electron chi connectivity index (χ3n) is 0.931. The number of carbonyl (C=O) groups is 1. The van der Waals surface area contributed by atoms with E-state index in [-0.39, 0.29) is 0 Å². The van der Waals surface area contributed by atoms with Gasteiger partial charge in [0.25, 0.3) is 0 Å². The predicted molar refractivity (Wildman–Crippen MR) is 51.6 cm³/mol. The number of aldehydes is 1. The fraction of sp³-hybridized carbons (Fsp3) is 0.364. The first kappa shape index (κ1) is 36.1. The average Bonchev–Trinajstić information content (AvgIpc) is 2.57. The molecule has 102 valence electrons. The van der Waals surface area contributed by atoms with Gasteiger partial charge in [0.2, 0.25) is 0 Å². The second kappa shape index (κ2) is 91.4. The number of hydrogen-bond donors (Lipinski definition) is 0. The van der Waals surface area contributed by atoms with E-state index in [4.69, 9.17) is 28.0 Å². The van der Waals surface area contributed by atoms with Crippen molar-refractivity contribution in [3.8, 4) is 0 Å². The van der Waals surface area contributed by atoms with Gasteiger partial charge in [-0.3, -0.25) is 0 Å². The summed E-state index contributed by atoms with van der Waals surface area (Å²) in [6, 6.07) is 0. The molecule has 0 spiro atoms. The number of hydrogen-bond acceptors (Lipinski definition) is 2. The summed E-state index contributed by atoms with van der Waals surface area (Å²) in [7, 11) is 1.62. The summed E-state index contributed by atoms with van der Waals surface area (Å²) in [4.78, 5) is 9.81. The summed E-state index contributed by atoms with van der Waals surface area (Å²) >= 11 is 2.76. The molecule has 0 radical (unpaired) electrons. The van der Waals surface area contributed by atoms with E-state index < -0.39 is 0 Å². The molecule has 8 heteroatoms. The van der Waals surface area contributed by atoms with Crippen LogP contribution in [0.3, 0.4) is 0 Å². The van der Waals surface area contributed by atoms with E-state index in [0.717, 1.165) is 23.7 Å². The number of unbranched alkanes of at least 4 members (excludes halogenated alkanes) is 1. The van der Waals surface area contributed by atoms with E-state index in [1.807, 2.05) is 0 Å². The van der Waals surface area contributed by atoms with Gasteiger partial charge in [0.05, 0.1) is 0 Å². The van der Waals surface area contributed by atoms with E-state index in [9.17, 15) is 4.79 Å². The van der Waals surface area contributed by atoms with Gasteiger partial charge in [-0.15, -0.1) is 0 Å². The van der Waals surface area contributed by atoms with Gasteiger partial charge in [-0.05, 0) is 0 Å². The quantitative estimate of drug-likeness (QED) is 0.317. The van der Waals surface area contributed by atoms with E-state index in [1.54, 1.807) is 7.11 Å². The Balaban J connectivity index is -0.0000000356. The maximum atomic E-state index is 9.81. The second-order valence-corrected chi connectivity index (χ2v) is 2.35. The van der Waals surface area contributed by atoms with Gasteiger partial charge in [-0.2, -0.15) is 0 Å². The number of ether oxygens (including phenoxy) is 1. The first-order valence-electron chi connectivity index (χ1n) is 3.83. The van der Waals surface area contributed by atoms with Crippen molar-refractivity contribution in [2.45, 2.75) is 19.3 Å². The van der Waals surface area contributed by atoms with Crippen molar-refractivity contribution >= 4 is 10.9 Å². The Bertz CT molecular complexity index is 228. The van der Waals surface area contributed by atoms with Crippen LogP contribution in [0.1, 0.15) is 19.3 Å². The molecule has 0 saturated heterocycles. The zero-order chi connectivity index (χ0) is 17.1. The monoisotopic (exact) mass is 306 g/mol. The molecule has 0 bridgehead atoms. The Kier molecular flexibility index (Phi) is 173. The van der Waals surface area contributed by atoms with Gasteiger partial charge < -0.3 is 0 Å². The molecule has 0 amide bonds. The molecule has 0 saturated carbocycles. The summed E-state index contributed by atoms with van der Waals surface area (Å²) in [5, 5.41) is 0. The SMILES string of the molecule is CO[C](=[Cr])CCCC=O.[C-]#[O+].[C-]#[O+].[C-]#[O+].[C-]#[O+].[C-]#[O+]. The molecule has 0 atom stereocenters. The number of rotatable bonds is 5. The molecule has 7 nitrogen and oxygen atoms in total. The molecule has 0 aliphatic carbocycles. The van der Waals surface area contributed by atoms with Gasteiger partial charge in [0.15, 0.2) is 0 Å². The Morgan fingerprint density at radius 2 is 1.32 bits per heavy atom. The standard InChI is InChI=1S/C6H10O2.5CO.Cr/c1-8-6-4-2-3-5-7;5*1-2;/h5H,2-4H2,1H3;;;;;;. The molecule has 0 heterocycles. The van der Waals surface area contributed by atoms with Crippen LogP contribution in [0.15, 0.2) is 0 Å². The Morgan fingerprint density at radius 1 is 1.00 bits per heavy atom. The molecular formula is C11H10CrO7. The first-order valence-corrected chi connectivity index (χ1v) is 4.47. The van der Waals surface area contributed by atoms with Gasteiger partial charge in [-0.25, -0.2) is 0 Å². The molecule has 0 rings (SSSR count). The summed E-state index contributed by atoms with van der Waals surface area (Å²) in [6.45, 7) is 22.5. The van der Waals surface area contributed by atoms with Crippen molar-refractivity contribution in [3.05, 3.63) is 33.3 Å². The molecule has 0 fully saturated rings. The Morgan fingerprint density at radius 3 is 1.53 bits per heavy atom. The van der Waals surface area contributed by atoms with Crippen molar-refractivity contribution in [2.75, 3.05) is 7.11 Å². The Hall–Kier alpha value is -1.27. The van der Waals surface area contributed by atoms with Gasteiger partial charge in [0, 0.05) is 0 Å². The van der Waals surface area contributed by atoms with Gasteiger partial charge in [-0.1, -0.05) is 0 Å². The van der Waals surface area contributed by atoms with Crippen LogP contribution in [0.4, 0.5) is 0 Å². The van der Waals surface area contributed by atoms with Crippen LogP contribution in [-0.4, -0.2) is 18.0 Å². The van der Waals surface area contributed by atoms with Crippen LogP contribution >= 0.6 is 0 Å². The third kappa shape index (κ3) is 111. The minimum absolute atomic E-state index is 0.620. The van der Waals surface area contributed by atoms with Crippen LogP contribution in [-0.2, 0) is 48.6 Å². The van der Waals surface area contributed by atoms with Crippen LogP contribution in [0.25, 0.3) is 0 Å². The maximum absolute atomic E-state index is 9.81. The Labute approximate surface area is 119 Å². The van der Waals surface area contributed by atoms with Crippen LogP contribution in [0.5, 0.6) is 0 Å². The van der Waals surface area contributed by atoms with Crippen LogP contribution in [0.2, 0.25) is 0 Å². The fourth-order valence-electron chi connectivity index (χ4n) is 0.432. The van der Waals surface area contributed by atoms with Crippen LogP contribution in [0, 0.1) is 33.3 Å². The van der Waals surface area contributed by atoms with Gasteiger partial charge >= 0.3 is 119 Å². The molecule has 0 N–H and O–H groups in total. The average molecular weight is 306 g/mol. The van der Waals surface area contributed by atoms with E-state index in [1.165, 1.54) is 0 Å². The van der Waals surface area contributed by atoms with Crippen molar-refractivity contribution in [1.82, 2.24) is 0 Å². The fourth-order valence-corrected chi connectivity index (χ4v) is 0.657. The normalized spacial score (nSPS) is 4.79. The van der Waals surface area contributed by atoms with Gasteiger partial charge in [0.1, 0.15) is 0 Å². The number of carbonyl (C=O) groups excluding carboxylic acids is 1. The zero-order valence-corrected chi connectivity index (χ0v) is 11.2. The summed E-state index contributed by atoms with van der Waals surface area (Å²) < 4.78 is 43.2. The molecule has 0 aromatic rings. The van der Waals surface area contributed by atoms with Crippen molar-refractivity contribution in [1.29, 1.82) is 0 Å². The zero-order valence-electron chi connectivity index (χ0n) is 9.96. The molecule has 0 aromatic heterocycles. The number of methoxy groups -OCH3 is 1. The molecular weight excluding hydrogens is 296 g/mol. The molecule has 0 aromatic carbocycles. The molecule has 0 aliphatic heterocycles. The van der Waals surface area contributed by atoms with Crippen molar-refractivity contribution in [3.63, 3.8) is 0 Å². The summed E-state index contributed by atoms with van der Waals surface area (Å²) in [5.41, 5.74) is 0. The van der Waals surface area contributed by atoms with E-state index in [2.05, 4.69) is 49.1 Å². The first-order chi connectivity index (χ1) is 9.31. The van der Waals surface area contributed by atoms with E-state index in [0.29, 0.717) is 6.42 Å². The topological polar surface area (TPSA) is 126 Å². The third-order valence-corrected chi connectivity index (χ3v) is 1.51. The van der Waals surface area contributed by atoms with Crippen molar-refractivity contribution in [2.24, 2.45) is 0 Å². The second-order valence-electron chi connectivity index (χ2n) is 1.64. The minimum atomic E-state index is 0.620. The predicted octanol–water partition coefficient (Wildman–Crippen LogP) is 0.491. The van der Waals surface area contributed by atoms with Crippen LogP contribution < -0.4 is 0 Å². The molecule has 0 aliphatic rings. The summed E-state index contributed by atoms with van der Waals surface area (Å²) in [5.74, 6) is 0. The molecule has 19 heavy (non-hydrogen) atoms. The molecule has 0 unspecified atom stereocenters. The van der Waals surface area contributed by atoms with E-state index >= 15 is 0 Å². The van der Waals surface area contributed by atoms with Crippen molar-refractivity contribution < 1.29 is 48.6 Å². The summed E-state index contributed by atoms with van der Waals surface area (Å²) in [6.07, 6.45) is 3.26.